The van der Waals surface area contributed by atoms with Crippen LogP contribution in [0.15, 0.2) is 6.07 Å². The van der Waals surface area contributed by atoms with Crippen LogP contribution in [0.25, 0.3) is 0 Å². The minimum Gasteiger partial charge on any atom is -0.299 e. The summed E-state index contributed by atoms with van der Waals surface area (Å²) >= 11 is 0. The van der Waals surface area contributed by atoms with Crippen LogP contribution in [-0.2, 0) is 18.3 Å². The van der Waals surface area contributed by atoms with Gasteiger partial charge < -0.3 is 0 Å². The first-order valence-corrected chi connectivity index (χ1v) is 5.69. The summed E-state index contributed by atoms with van der Waals surface area (Å²) in [6, 6.07) is 2.09. The number of ketones is 1. The largest absolute Gasteiger partial charge is 0.299 e. The highest BCUT2D eigenvalue weighted by atomic mass is 16.1. The minimum absolute atomic E-state index is 0.244. The van der Waals surface area contributed by atoms with Gasteiger partial charge in [-0.05, 0) is 32.3 Å². The third-order valence-corrected chi connectivity index (χ3v) is 3.24. The number of carbonyl (C=O) groups excluding carboxylic acids is 1. The molecule has 3 nitrogen and oxygen atoms in total. The molecule has 0 aromatic carbocycles. The minimum atomic E-state index is 0.244. The van der Waals surface area contributed by atoms with E-state index in [1.807, 2.05) is 18.7 Å². The van der Waals surface area contributed by atoms with Crippen molar-refractivity contribution >= 4 is 5.78 Å². The van der Waals surface area contributed by atoms with Gasteiger partial charge in [0.1, 0.15) is 5.78 Å². The van der Waals surface area contributed by atoms with E-state index < -0.39 is 0 Å². The smallest absolute Gasteiger partial charge is 0.136 e. The summed E-state index contributed by atoms with van der Waals surface area (Å²) in [6.45, 7) is 1.99. The second-order valence-corrected chi connectivity index (χ2v) is 4.51. The monoisotopic (exact) mass is 206 g/mol. The molecule has 1 unspecified atom stereocenters. The predicted octanol–water partition coefficient (Wildman–Crippen LogP) is 2.03. The third-order valence-electron chi connectivity index (χ3n) is 3.24. The van der Waals surface area contributed by atoms with E-state index in [0.717, 1.165) is 31.4 Å². The van der Waals surface area contributed by atoms with Crippen LogP contribution in [0.4, 0.5) is 0 Å². The van der Waals surface area contributed by atoms with Crippen LogP contribution in [0.3, 0.4) is 0 Å². The number of rotatable bonds is 2. The first kappa shape index (κ1) is 10.4. The Bertz CT molecular complexity index is 368. The van der Waals surface area contributed by atoms with Crippen LogP contribution in [-0.4, -0.2) is 15.6 Å². The van der Waals surface area contributed by atoms with Crippen molar-refractivity contribution in [2.45, 2.75) is 39.0 Å². The molecule has 3 heteroatoms. The molecule has 0 N–H and O–H groups in total. The van der Waals surface area contributed by atoms with Crippen LogP contribution in [0.2, 0.25) is 0 Å². The normalized spacial score (nSPS) is 22.0. The number of nitrogens with zero attached hydrogens (tertiary/aromatic N) is 2. The Labute approximate surface area is 90.5 Å². The van der Waals surface area contributed by atoms with E-state index >= 15 is 0 Å². The maximum Gasteiger partial charge on any atom is 0.136 e. The molecule has 1 fully saturated rings. The molecule has 1 saturated carbocycles. The van der Waals surface area contributed by atoms with Gasteiger partial charge in [0.15, 0.2) is 0 Å². The molecule has 0 amide bonds. The molecule has 0 aliphatic heterocycles. The molecule has 0 bridgehead atoms. The molecule has 1 heterocycles. The number of aryl methyl sites for hydroxylation is 2. The Kier molecular flexibility index (Phi) is 2.89. The van der Waals surface area contributed by atoms with E-state index in [9.17, 15) is 4.79 Å². The van der Waals surface area contributed by atoms with Gasteiger partial charge in [0.2, 0.25) is 0 Å². The summed E-state index contributed by atoms with van der Waals surface area (Å²) in [7, 11) is 1.95. The number of hydrogen-bond donors (Lipinski definition) is 0. The first-order chi connectivity index (χ1) is 7.16. The molecule has 82 valence electrons. The lowest BCUT2D eigenvalue weighted by molar-refractivity contribution is -0.124. The van der Waals surface area contributed by atoms with Crippen molar-refractivity contribution in [2.24, 2.45) is 13.0 Å². The van der Waals surface area contributed by atoms with Gasteiger partial charge in [0, 0.05) is 25.1 Å². The van der Waals surface area contributed by atoms with Gasteiger partial charge in [0.25, 0.3) is 0 Å². The van der Waals surface area contributed by atoms with Crippen LogP contribution < -0.4 is 0 Å². The molecule has 1 aliphatic rings. The highest BCUT2D eigenvalue weighted by Gasteiger charge is 2.23. The molecule has 2 rings (SSSR count). The Morgan fingerprint density at radius 2 is 2.33 bits per heavy atom. The van der Waals surface area contributed by atoms with Crippen LogP contribution in [0.1, 0.15) is 37.1 Å². The summed E-state index contributed by atoms with van der Waals surface area (Å²) in [5, 5.41) is 4.31. The Balaban J connectivity index is 2.07. The van der Waals surface area contributed by atoms with E-state index in [1.165, 1.54) is 12.1 Å². The zero-order valence-electron chi connectivity index (χ0n) is 9.49. The summed E-state index contributed by atoms with van der Waals surface area (Å²) in [4.78, 5) is 11.7. The molecule has 1 aromatic heterocycles. The van der Waals surface area contributed by atoms with Crippen LogP contribution >= 0.6 is 0 Å². The number of hydrogen-bond acceptors (Lipinski definition) is 2. The Morgan fingerprint density at radius 1 is 1.53 bits per heavy atom. The van der Waals surface area contributed by atoms with Gasteiger partial charge in [-0.25, -0.2) is 0 Å². The molecule has 0 saturated heterocycles. The molecule has 0 spiro atoms. The van der Waals surface area contributed by atoms with Crippen molar-refractivity contribution in [3.63, 3.8) is 0 Å². The second kappa shape index (κ2) is 4.17. The van der Waals surface area contributed by atoms with E-state index in [2.05, 4.69) is 11.2 Å². The SMILES string of the molecule is Cc1cc(CC2CCCCC2=O)n(C)n1. The van der Waals surface area contributed by atoms with Crippen LogP contribution in [0, 0.1) is 12.8 Å². The number of aromatic nitrogens is 2. The topological polar surface area (TPSA) is 34.9 Å². The number of carbonyl (C=O) groups is 1. The van der Waals surface area contributed by atoms with E-state index in [0.29, 0.717) is 5.78 Å². The maximum absolute atomic E-state index is 11.7. The lowest BCUT2D eigenvalue weighted by Gasteiger charge is -2.20. The van der Waals surface area contributed by atoms with Crippen molar-refractivity contribution in [1.82, 2.24) is 9.78 Å². The van der Waals surface area contributed by atoms with Crippen molar-refractivity contribution in [1.29, 1.82) is 0 Å². The molecule has 15 heavy (non-hydrogen) atoms. The zero-order valence-corrected chi connectivity index (χ0v) is 9.49. The van der Waals surface area contributed by atoms with Gasteiger partial charge >= 0.3 is 0 Å². The Hall–Kier alpha value is -1.12. The molecule has 1 aliphatic carbocycles. The Morgan fingerprint density at radius 3 is 2.93 bits per heavy atom. The zero-order chi connectivity index (χ0) is 10.8. The van der Waals surface area contributed by atoms with E-state index in [-0.39, 0.29) is 5.92 Å². The average Bonchev–Trinajstić information content (AvgIpc) is 2.49. The van der Waals surface area contributed by atoms with Gasteiger partial charge in [-0.15, -0.1) is 0 Å². The van der Waals surface area contributed by atoms with Gasteiger partial charge in [0.05, 0.1) is 5.69 Å². The molecule has 1 atom stereocenters. The lowest BCUT2D eigenvalue weighted by atomic mass is 9.85. The highest BCUT2D eigenvalue weighted by molar-refractivity contribution is 5.81. The van der Waals surface area contributed by atoms with Crippen molar-refractivity contribution in [3.05, 3.63) is 17.5 Å². The maximum atomic E-state index is 11.7. The van der Waals surface area contributed by atoms with Gasteiger partial charge in [-0.2, -0.15) is 5.10 Å². The molecular formula is C12H18N2O. The van der Waals surface area contributed by atoms with Gasteiger partial charge in [-0.1, -0.05) is 6.42 Å². The van der Waals surface area contributed by atoms with Crippen molar-refractivity contribution in [3.8, 4) is 0 Å². The molecule has 1 aromatic rings. The van der Waals surface area contributed by atoms with E-state index in [1.54, 1.807) is 0 Å². The second-order valence-electron chi connectivity index (χ2n) is 4.51. The van der Waals surface area contributed by atoms with E-state index in [4.69, 9.17) is 0 Å². The quantitative estimate of drug-likeness (QED) is 0.742. The fourth-order valence-electron chi connectivity index (χ4n) is 2.38. The van der Waals surface area contributed by atoms with Crippen LogP contribution in [0.5, 0.6) is 0 Å². The van der Waals surface area contributed by atoms with Gasteiger partial charge in [-0.3, -0.25) is 9.48 Å². The fourth-order valence-corrected chi connectivity index (χ4v) is 2.38. The number of Topliss-reactive ketones (excluding diaryl/α,β-unsaturated/α-hetero) is 1. The third kappa shape index (κ3) is 2.28. The molecular weight excluding hydrogens is 188 g/mol. The first-order valence-electron chi connectivity index (χ1n) is 5.69. The lowest BCUT2D eigenvalue weighted by Crippen LogP contribution is -2.22. The fraction of sp³-hybridized carbons (Fsp3) is 0.667. The summed E-state index contributed by atoms with van der Waals surface area (Å²) in [6.07, 6.45) is 4.99. The molecule has 0 radical (unpaired) electrons. The van der Waals surface area contributed by atoms with Crippen molar-refractivity contribution < 1.29 is 4.79 Å². The predicted molar refractivity (Wildman–Crippen MR) is 58.6 cm³/mol. The van der Waals surface area contributed by atoms with Crippen molar-refractivity contribution in [2.75, 3.05) is 0 Å². The standard InChI is InChI=1S/C12H18N2O/c1-9-7-11(14(2)13-9)8-10-5-3-4-6-12(10)15/h7,10H,3-6,8H2,1-2H3. The average molecular weight is 206 g/mol. The summed E-state index contributed by atoms with van der Waals surface area (Å²) < 4.78 is 1.90. The summed E-state index contributed by atoms with van der Waals surface area (Å²) in [5.74, 6) is 0.689. The highest BCUT2D eigenvalue weighted by Crippen LogP contribution is 2.24. The summed E-state index contributed by atoms with van der Waals surface area (Å²) in [5.41, 5.74) is 2.23.